The van der Waals surface area contributed by atoms with Gasteiger partial charge in [-0.1, -0.05) is 127 Å². The summed E-state index contributed by atoms with van der Waals surface area (Å²) in [4.78, 5) is 13.6. The van der Waals surface area contributed by atoms with E-state index in [1.165, 1.54) is 21.5 Å². The third-order valence-corrected chi connectivity index (χ3v) is 9.41. The van der Waals surface area contributed by atoms with Crippen molar-refractivity contribution in [3.05, 3.63) is 126 Å². The maximum absolute atomic E-state index is 13.6. The molecule has 4 aromatic carbocycles. The highest BCUT2D eigenvalue weighted by Gasteiger charge is 2.26. The minimum Gasteiger partial charge on any atom is -0.289 e. The molecule has 0 fully saturated rings. The maximum atomic E-state index is 13.6. The first kappa shape index (κ1) is 20.2. The maximum Gasteiger partial charge on any atom is 0.186 e. The Morgan fingerprint density at radius 2 is 1.03 bits per heavy atom. The predicted molar refractivity (Wildman–Crippen MR) is 134 cm³/mol. The zero-order valence-corrected chi connectivity index (χ0v) is 18.0. The first-order valence-electron chi connectivity index (χ1n) is 10.3. The van der Waals surface area contributed by atoms with Gasteiger partial charge in [0.05, 0.1) is 0 Å². The minimum atomic E-state index is -2.27. The summed E-state index contributed by atoms with van der Waals surface area (Å²) in [6, 6.07) is 39.3. The molecule has 0 amide bonds. The normalized spacial score (nSPS) is 11.1. The molecule has 4 aromatic rings. The highest BCUT2D eigenvalue weighted by Crippen LogP contribution is 2.43. The topological polar surface area (TPSA) is 17.1 Å². The standard InChI is InChI=1S/C27H24BOP/c28-20-22-16-18-23(19-17-22)27(29)21-30(24-10-4-1-5-11-24,25-12-6-2-7-13-25)26-14-8-3-9-15-26/h1-19,21H,20,28H2. The van der Waals surface area contributed by atoms with Gasteiger partial charge in [0.2, 0.25) is 0 Å². The van der Waals surface area contributed by atoms with Crippen molar-refractivity contribution in [1.82, 2.24) is 0 Å². The van der Waals surface area contributed by atoms with Crippen molar-refractivity contribution < 1.29 is 4.79 Å². The average molecular weight is 406 g/mol. The van der Waals surface area contributed by atoms with Crippen LogP contribution in [-0.4, -0.2) is 19.4 Å². The number of rotatable bonds is 6. The van der Waals surface area contributed by atoms with Gasteiger partial charge >= 0.3 is 0 Å². The summed E-state index contributed by atoms with van der Waals surface area (Å²) < 4.78 is 0. The fourth-order valence-electron chi connectivity index (χ4n) is 3.82. The molecule has 0 aromatic heterocycles. The Bertz CT molecular complexity index is 1060. The second kappa shape index (κ2) is 9.16. The number of Topliss-reactive ketones (excluding diaryl/α,β-unsaturated/α-hetero) is 1. The van der Waals surface area contributed by atoms with E-state index in [1.807, 2.05) is 36.1 Å². The van der Waals surface area contributed by atoms with Gasteiger partial charge in [0.25, 0.3) is 0 Å². The van der Waals surface area contributed by atoms with Crippen molar-refractivity contribution in [3.8, 4) is 0 Å². The van der Waals surface area contributed by atoms with Gasteiger partial charge in [0, 0.05) is 5.56 Å². The first-order chi connectivity index (χ1) is 14.7. The van der Waals surface area contributed by atoms with Crippen molar-refractivity contribution in [1.29, 1.82) is 0 Å². The lowest BCUT2D eigenvalue weighted by Crippen LogP contribution is -2.28. The van der Waals surface area contributed by atoms with Gasteiger partial charge < -0.3 is 0 Å². The van der Waals surface area contributed by atoms with E-state index < -0.39 is 6.89 Å². The molecule has 0 atom stereocenters. The van der Waals surface area contributed by atoms with Crippen molar-refractivity contribution in [2.24, 2.45) is 0 Å². The third kappa shape index (κ3) is 3.97. The monoisotopic (exact) mass is 406 g/mol. The van der Waals surface area contributed by atoms with Gasteiger partial charge in [0.1, 0.15) is 7.85 Å². The van der Waals surface area contributed by atoms with Crippen LogP contribution in [0.15, 0.2) is 115 Å². The summed E-state index contributed by atoms with van der Waals surface area (Å²) in [5, 5.41) is 3.54. The third-order valence-electron chi connectivity index (χ3n) is 5.45. The Morgan fingerprint density at radius 3 is 1.40 bits per heavy atom. The van der Waals surface area contributed by atoms with Gasteiger partial charge in [-0.2, -0.15) is 0 Å². The van der Waals surface area contributed by atoms with Crippen LogP contribution in [0.25, 0.3) is 0 Å². The molecule has 0 aliphatic heterocycles. The van der Waals surface area contributed by atoms with E-state index in [-0.39, 0.29) is 5.78 Å². The Balaban J connectivity index is 2.01. The molecule has 0 aliphatic rings. The molecule has 0 spiro atoms. The fraction of sp³-hybridized carbons (Fsp3) is 0.0370. The molecule has 0 aliphatic carbocycles. The molecular formula is C27H24BOP. The SMILES string of the molecule is BCc1ccc(C(=O)C=P(c2ccccc2)(c2ccccc2)c2ccccc2)cc1. The number of benzene rings is 4. The van der Waals surface area contributed by atoms with Crippen LogP contribution < -0.4 is 15.9 Å². The van der Waals surface area contributed by atoms with E-state index in [9.17, 15) is 4.79 Å². The summed E-state index contributed by atoms with van der Waals surface area (Å²) in [6.45, 7) is -2.27. The molecule has 0 unspecified atom stereocenters. The Labute approximate surface area is 179 Å². The van der Waals surface area contributed by atoms with Crippen LogP contribution in [-0.2, 0) is 6.32 Å². The summed E-state index contributed by atoms with van der Waals surface area (Å²) in [7, 11) is 2.12. The smallest absolute Gasteiger partial charge is 0.186 e. The van der Waals surface area contributed by atoms with Gasteiger partial charge in [-0.25, -0.2) is 0 Å². The van der Waals surface area contributed by atoms with Gasteiger partial charge in [-0.3, -0.25) is 4.79 Å². The molecule has 0 heterocycles. The summed E-state index contributed by atoms with van der Waals surface area (Å²) in [5.74, 6) is 2.07. The second-order valence-electron chi connectivity index (χ2n) is 7.27. The highest BCUT2D eigenvalue weighted by molar-refractivity contribution is 7.95. The first-order valence-corrected chi connectivity index (χ1v) is 12.1. The number of hydrogen-bond acceptors (Lipinski definition) is 1. The molecule has 3 heteroatoms. The van der Waals surface area contributed by atoms with E-state index in [4.69, 9.17) is 0 Å². The van der Waals surface area contributed by atoms with Crippen LogP contribution in [0.2, 0.25) is 0 Å². The van der Waals surface area contributed by atoms with Crippen molar-refractivity contribution >= 4 is 42.2 Å². The number of ketones is 1. The van der Waals surface area contributed by atoms with Crippen LogP contribution in [0.1, 0.15) is 15.9 Å². The predicted octanol–water partition coefficient (Wildman–Crippen LogP) is 3.80. The van der Waals surface area contributed by atoms with Crippen molar-refractivity contribution in [2.75, 3.05) is 0 Å². The quantitative estimate of drug-likeness (QED) is 0.271. The molecule has 30 heavy (non-hydrogen) atoms. The lowest BCUT2D eigenvalue weighted by molar-refractivity contribution is 0.107. The Kier molecular flexibility index (Phi) is 6.16. The second-order valence-corrected chi connectivity index (χ2v) is 10.5. The summed E-state index contributed by atoms with van der Waals surface area (Å²) >= 11 is 0. The van der Waals surface area contributed by atoms with E-state index >= 15 is 0 Å². The Hall–Kier alpha value is -3.09. The van der Waals surface area contributed by atoms with Crippen LogP contribution in [0.3, 0.4) is 0 Å². The van der Waals surface area contributed by atoms with Crippen LogP contribution in [0.4, 0.5) is 0 Å². The van der Waals surface area contributed by atoms with Gasteiger partial charge in [0.15, 0.2) is 5.78 Å². The molecule has 0 bridgehead atoms. The highest BCUT2D eigenvalue weighted by atomic mass is 31.2. The van der Waals surface area contributed by atoms with Crippen molar-refractivity contribution in [3.63, 3.8) is 0 Å². The van der Waals surface area contributed by atoms with Gasteiger partial charge in [-0.15, -0.1) is 0 Å². The number of hydrogen-bond donors (Lipinski definition) is 0. The average Bonchev–Trinajstić information content (AvgIpc) is 2.84. The molecule has 0 saturated heterocycles. The molecule has 0 radical (unpaired) electrons. The van der Waals surface area contributed by atoms with E-state index in [2.05, 4.69) is 92.8 Å². The fourth-order valence-corrected chi connectivity index (χ4v) is 7.59. The number of carbonyl (C=O) groups excluding carboxylic acids is 1. The molecule has 4 rings (SSSR count). The van der Waals surface area contributed by atoms with Gasteiger partial charge in [-0.05, 0) is 28.6 Å². The van der Waals surface area contributed by atoms with E-state index in [0.717, 1.165) is 11.9 Å². The minimum absolute atomic E-state index is 0.0718. The lowest BCUT2D eigenvalue weighted by Gasteiger charge is -2.28. The molecular weight excluding hydrogens is 382 g/mol. The Morgan fingerprint density at radius 1 is 0.633 bits per heavy atom. The van der Waals surface area contributed by atoms with E-state index in [1.54, 1.807) is 0 Å². The van der Waals surface area contributed by atoms with Crippen LogP contribution in [0.5, 0.6) is 0 Å². The van der Waals surface area contributed by atoms with Crippen LogP contribution in [0, 0.1) is 0 Å². The molecule has 146 valence electrons. The molecule has 1 nitrogen and oxygen atoms in total. The zero-order chi connectivity index (χ0) is 20.8. The largest absolute Gasteiger partial charge is 0.289 e. The van der Waals surface area contributed by atoms with Crippen LogP contribution >= 0.6 is 6.89 Å². The lowest BCUT2D eigenvalue weighted by atomic mass is 9.96. The molecule has 0 saturated carbocycles. The number of carbonyl (C=O) groups is 1. The van der Waals surface area contributed by atoms with Crippen molar-refractivity contribution in [2.45, 2.75) is 6.32 Å². The molecule has 0 N–H and O–H groups in total. The summed E-state index contributed by atoms with van der Waals surface area (Å²) in [6.07, 6.45) is 0.965. The zero-order valence-electron chi connectivity index (χ0n) is 17.1. The van der Waals surface area contributed by atoms with E-state index in [0.29, 0.717) is 0 Å². The summed E-state index contributed by atoms with van der Waals surface area (Å²) in [5.41, 5.74) is 1.97.